The third kappa shape index (κ3) is 6.79. The summed E-state index contributed by atoms with van der Waals surface area (Å²) in [5.41, 5.74) is 17.9. The first-order valence-corrected chi connectivity index (χ1v) is 25.2. The van der Waals surface area contributed by atoms with Crippen LogP contribution in [0.3, 0.4) is 0 Å². The Morgan fingerprint density at radius 1 is 0.250 bits per heavy atom. The molecule has 0 amide bonds. The van der Waals surface area contributed by atoms with Gasteiger partial charge in [0.1, 0.15) is 54.9 Å². The number of para-hydroxylation sites is 2. The summed E-state index contributed by atoms with van der Waals surface area (Å²) in [6.45, 7) is 0. The maximum atomic E-state index is 7.59. The van der Waals surface area contributed by atoms with E-state index in [-0.39, 0.29) is 21.9 Å². The standard InChI is InChI=1S/C66H36B7N3/c67-58-54(41-29-33-52-48(35-41)55-45(40-19-8-3-9-20-40)23-14-26-53(55)74(52)42-30-27-38(28-31-42)37-15-4-1-5-16-37)59(68)63(72)65-56(58)57-60(69)61(70)62(71)64(73)66(57)75(65)43-32-34-51-47(36-43)46-22-11-13-25-50(46)76(51)49-24-12-10-21-44(49)39-17-6-2-7-18-39/h1-36H. The normalized spacial score (nSPS) is 11.8. The molecule has 0 unspecified atom stereocenters. The molecule has 3 aromatic heterocycles. The lowest BCUT2D eigenvalue weighted by Crippen LogP contribution is -2.48. The van der Waals surface area contributed by atoms with Gasteiger partial charge in [-0.05, 0) is 105 Å². The Labute approximate surface area is 449 Å². The highest BCUT2D eigenvalue weighted by Crippen LogP contribution is 2.42. The molecular weight excluding hydrogens is 910 g/mol. The second-order valence-corrected chi connectivity index (χ2v) is 19.5. The minimum Gasteiger partial charge on any atom is -0.311 e. The van der Waals surface area contributed by atoms with Crippen LogP contribution in [0.1, 0.15) is 0 Å². The number of fused-ring (bicyclic) bond motifs is 9. The van der Waals surface area contributed by atoms with E-state index in [1.165, 1.54) is 0 Å². The average Bonchev–Trinajstić information content (AvgIpc) is 4.13. The molecule has 14 radical (unpaired) electrons. The highest BCUT2D eigenvalue weighted by Gasteiger charge is 2.26. The van der Waals surface area contributed by atoms with Gasteiger partial charge in [-0.15, -0.1) is 10.9 Å². The zero-order valence-corrected chi connectivity index (χ0v) is 41.2. The van der Waals surface area contributed by atoms with Crippen LogP contribution in [-0.2, 0) is 0 Å². The molecule has 14 rings (SSSR count). The van der Waals surface area contributed by atoms with Crippen molar-refractivity contribution in [3.05, 3.63) is 218 Å². The lowest BCUT2D eigenvalue weighted by Gasteiger charge is -2.19. The topological polar surface area (TPSA) is 14.8 Å². The van der Waals surface area contributed by atoms with Crippen molar-refractivity contribution in [2.45, 2.75) is 0 Å². The molecule has 0 atom stereocenters. The molecule has 0 saturated carbocycles. The highest BCUT2D eigenvalue weighted by molar-refractivity contribution is 6.69. The number of hydrogen-bond donors (Lipinski definition) is 0. The van der Waals surface area contributed by atoms with Crippen LogP contribution < -0.4 is 38.2 Å². The second-order valence-electron chi connectivity index (χ2n) is 19.5. The molecule has 3 nitrogen and oxygen atoms in total. The van der Waals surface area contributed by atoms with Crippen LogP contribution in [-0.4, -0.2) is 68.6 Å². The van der Waals surface area contributed by atoms with E-state index >= 15 is 0 Å². The van der Waals surface area contributed by atoms with Crippen LogP contribution in [0.15, 0.2) is 218 Å². The van der Waals surface area contributed by atoms with Crippen LogP contribution in [0.2, 0.25) is 0 Å². The minimum atomic E-state index is 0.162. The summed E-state index contributed by atoms with van der Waals surface area (Å²) < 4.78 is 6.64. The summed E-state index contributed by atoms with van der Waals surface area (Å²) in [5.74, 6) is 0. The first-order valence-electron chi connectivity index (χ1n) is 25.2. The SMILES string of the molecule is [B]c1c([B])c([B])c2c(c1[B])c1c([B])c(-c3ccc4c(c3)c3c(-c5ccccc5)cccc3n4-c3ccc(-c4ccccc4)cc3)c([B])c([B])c1n2-c1ccc2c(c1)c1ccccc1n2-c1ccccc1-c1ccccc1. The molecule has 0 fully saturated rings. The van der Waals surface area contributed by atoms with Crippen molar-refractivity contribution in [3.8, 4) is 61.6 Å². The minimum absolute atomic E-state index is 0.162. The first-order chi connectivity index (χ1) is 37.2. The fourth-order valence-electron chi connectivity index (χ4n) is 11.9. The van der Waals surface area contributed by atoms with E-state index < -0.39 is 0 Å². The van der Waals surface area contributed by atoms with Crippen molar-refractivity contribution in [2.75, 3.05) is 0 Å². The molecule has 0 bridgehead atoms. The van der Waals surface area contributed by atoms with Crippen molar-refractivity contribution in [1.82, 2.24) is 13.7 Å². The Kier molecular flexibility index (Phi) is 10.7. The molecule has 0 aliphatic carbocycles. The maximum absolute atomic E-state index is 7.59. The molecule has 0 aliphatic rings. The summed E-state index contributed by atoms with van der Waals surface area (Å²) >= 11 is 0. The lowest BCUT2D eigenvalue weighted by molar-refractivity contribution is 1.17. The molecule has 14 aromatic rings. The monoisotopic (exact) mass is 947 g/mol. The summed E-state index contributed by atoms with van der Waals surface area (Å²) in [5, 5.41) is 5.26. The van der Waals surface area contributed by atoms with E-state index in [4.69, 9.17) is 54.9 Å². The number of rotatable bonds is 7. The number of aromatic nitrogens is 3. The lowest BCUT2D eigenvalue weighted by atomic mass is 9.64. The van der Waals surface area contributed by atoms with Crippen molar-refractivity contribution < 1.29 is 0 Å². The van der Waals surface area contributed by atoms with Crippen molar-refractivity contribution in [3.63, 3.8) is 0 Å². The smallest absolute Gasteiger partial charge is 0.115 e. The fraction of sp³-hybridized carbons (Fsp3) is 0. The predicted octanol–water partition coefficient (Wildman–Crippen LogP) is 9.20. The molecule has 3 heterocycles. The summed E-state index contributed by atoms with van der Waals surface area (Å²) in [6.07, 6.45) is 0. The van der Waals surface area contributed by atoms with E-state index in [1.807, 2.05) is 22.8 Å². The van der Waals surface area contributed by atoms with Gasteiger partial charge in [0.15, 0.2) is 0 Å². The van der Waals surface area contributed by atoms with Crippen molar-refractivity contribution >= 4 is 159 Å². The first kappa shape index (κ1) is 45.9. The Balaban J connectivity index is 1.01. The van der Waals surface area contributed by atoms with Gasteiger partial charge in [-0.25, -0.2) is 0 Å². The Hall–Kier alpha value is -8.73. The Morgan fingerprint density at radius 2 is 0.750 bits per heavy atom. The molecular formula is C66H36B7N3. The van der Waals surface area contributed by atoms with E-state index in [0.717, 1.165) is 99.6 Å². The predicted molar refractivity (Wildman–Crippen MR) is 329 cm³/mol. The van der Waals surface area contributed by atoms with Crippen molar-refractivity contribution in [1.29, 1.82) is 0 Å². The quantitative estimate of drug-likeness (QED) is 0.142. The van der Waals surface area contributed by atoms with Gasteiger partial charge in [-0.1, -0.05) is 185 Å². The average molecular weight is 947 g/mol. The molecule has 0 aliphatic heterocycles. The van der Waals surface area contributed by atoms with E-state index in [1.54, 1.807) is 0 Å². The summed E-state index contributed by atoms with van der Waals surface area (Å²) in [7, 11) is 50.1. The zero-order chi connectivity index (χ0) is 51.5. The van der Waals surface area contributed by atoms with Crippen LogP contribution in [0, 0.1) is 0 Å². The van der Waals surface area contributed by atoms with Gasteiger partial charge in [-0.3, -0.25) is 0 Å². The molecule has 0 N–H and O–H groups in total. The third-order valence-electron chi connectivity index (χ3n) is 15.5. The molecule has 0 saturated heterocycles. The molecule has 0 spiro atoms. The highest BCUT2D eigenvalue weighted by atomic mass is 15.0. The van der Waals surface area contributed by atoms with Crippen LogP contribution >= 0.6 is 0 Å². The van der Waals surface area contributed by atoms with Gasteiger partial charge in [0.25, 0.3) is 0 Å². The fourth-order valence-corrected chi connectivity index (χ4v) is 11.9. The van der Waals surface area contributed by atoms with Gasteiger partial charge in [0.2, 0.25) is 0 Å². The van der Waals surface area contributed by atoms with Crippen LogP contribution in [0.5, 0.6) is 0 Å². The largest absolute Gasteiger partial charge is 0.311 e. The Morgan fingerprint density at radius 3 is 1.47 bits per heavy atom. The van der Waals surface area contributed by atoms with Gasteiger partial charge < -0.3 is 13.7 Å². The summed E-state index contributed by atoms with van der Waals surface area (Å²) in [6, 6.07) is 76.2. The zero-order valence-electron chi connectivity index (χ0n) is 41.2. The van der Waals surface area contributed by atoms with Crippen LogP contribution in [0.4, 0.5) is 0 Å². The van der Waals surface area contributed by atoms with Crippen molar-refractivity contribution in [2.24, 2.45) is 0 Å². The third-order valence-corrected chi connectivity index (χ3v) is 15.5. The number of nitrogens with zero attached hydrogens (tertiary/aromatic N) is 3. The van der Waals surface area contributed by atoms with Crippen LogP contribution in [0.25, 0.3) is 127 Å². The van der Waals surface area contributed by atoms with Gasteiger partial charge in [0, 0.05) is 54.9 Å². The summed E-state index contributed by atoms with van der Waals surface area (Å²) in [4.78, 5) is 0. The number of benzene rings is 11. The Bertz CT molecular complexity index is 4690. The van der Waals surface area contributed by atoms with Gasteiger partial charge in [0.05, 0.1) is 27.8 Å². The second kappa shape index (κ2) is 17.7. The van der Waals surface area contributed by atoms with Gasteiger partial charge >= 0.3 is 0 Å². The molecule has 11 aromatic carbocycles. The molecule has 76 heavy (non-hydrogen) atoms. The molecule has 336 valence electrons. The van der Waals surface area contributed by atoms with E-state index in [9.17, 15) is 0 Å². The maximum Gasteiger partial charge on any atom is 0.115 e. The number of hydrogen-bond acceptors (Lipinski definition) is 0. The van der Waals surface area contributed by atoms with E-state index in [0.29, 0.717) is 43.8 Å². The van der Waals surface area contributed by atoms with E-state index in [2.05, 4.69) is 209 Å². The molecule has 10 heteroatoms. The van der Waals surface area contributed by atoms with Gasteiger partial charge in [-0.2, -0.15) is 0 Å².